The van der Waals surface area contributed by atoms with E-state index < -0.39 is 0 Å². The Kier molecular flexibility index (Phi) is 5.67. The molecule has 1 atom stereocenters. The van der Waals surface area contributed by atoms with Gasteiger partial charge in [-0.15, -0.1) is 0 Å². The smallest absolute Gasteiger partial charge is 0.118 e. The minimum Gasteiger partial charge on any atom is -0.497 e. The van der Waals surface area contributed by atoms with Crippen molar-refractivity contribution in [2.24, 2.45) is 0 Å². The maximum absolute atomic E-state index is 9.65. The number of benzene rings is 1. The number of ether oxygens (including phenoxy) is 1. The van der Waals surface area contributed by atoms with Crippen LogP contribution in [0.15, 0.2) is 24.3 Å². The van der Waals surface area contributed by atoms with Crippen molar-refractivity contribution in [2.45, 2.75) is 31.6 Å². The van der Waals surface area contributed by atoms with Gasteiger partial charge in [-0.25, -0.2) is 0 Å². The fraction of sp³-hybridized carbons (Fsp3) is 0.625. The molecule has 1 N–H and O–H groups in total. The number of aliphatic hydroxyl groups is 1. The van der Waals surface area contributed by atoms with Gasteiger partial charge in [-0.2, -0.15) is 0 Å². The second-order valence-corrected chi connectivity index (χ2v) is 5.37. The Morgan fingerprint density at radius 2 is 1.74 bits per heavy atom. The molecule has 2 rings (SSSR count). The number of nitrogens with zero attached hydrogens (tertiary/aromatic N) is 1. The third kappa shape index (κ3) is 4.22. The zero-order chi connectivity index (χ0) is 13.5. The van der Waals surface area contributed by atoms with Crippen LogP contribution in [0.4, 0.5) is 0 Å². The van der Waals surface area contributed by atoms with Crippen molar-refractivity contribution in [1.29, 1.82) is 0 Å². The van der Waals surface area contributed by atoms with Crippen LogP contribution in [0, 0.1) is 0 Å². The first-order valence-corrected chi connectivity index (χ1v) is 7.30. The van der Waals surface area contributed by atoms with Gasteiger partial charge in [0.05, 0.1) is 13.7 Å². The maximum atomic E-state index is 9.65. The van der Waals surface area contributed by atoms with E-state index in [-0.39, 0.29) is 12.5 Å². The molecular weight excluding hydrogens is 238 g/mol. The molecular formula is C16H25NO2. The van der Waals surface area contributed by atoms with E-state index in [1.807, 2.05) is 12.1 Å². The van der Waals surface area contributed by atoms with Gasteiger partial charge in [0.2, 0.25) is 0 Å². The summed E-state index contributed by atoms with van der Waals surface area (Å²) in [4.78, 5) is 2.50. The molecule has 1 aliphatic rings. The predicted molar refractivity (Wildman–Crippen MR) is 77.7 cm³/mol. The van der Waals surface area contributed by atoms with E-state index in [0.717, 1.165) is 12.3 Å². The third-order valence-electron chi connectivity index (χ3n) is 3.98. The Morgan fingerprint density at radius 1 is 1.11 bits per heavy atom. The Labute approximate surface area is 116 Å². The van der Waals surface area contributed by atoms with E-state index in [1.54, 1.807) is 7.11 Å². The molecule has 106 valence electrons. The summed E-state index contributed by atoms with van der Waals surface area (Å²) < 4.78 is 5.18. The summed E-state index contributed by atoms with van der Waals surface area (Å²) in [6, 6.07) is 8.08. The van der Waals surface area contributed by atoms with Gasteiger partial charge in [-0.05, 0) is 43.6 Å². The van der Waals surface area contributed by atoms with Gasteiger partial charge < -0.3 is 14.7 Å². The van der Waals surface area contributed by atoms with E-state index in [2.05, 4.69) is 17.0 Å². The van der Waals surface area contributed by atoms with Crippen LogP contribution in [-0.2, 0) is 0 Å². The lowest BCUT2D eigenvalue weighted by Gasteiger charge is -2.25. The molecule has 1 unspecified atom stereocenters. The highest BCUT2D eigenvalue weighted by atomic mass is 16.5. The molecule has 3 heteroatoms. The van der Waals surface area contributed by atoms with E-state index in [0.29, 0.717) is 0 Å². The van der Waals surface area contributed by atoms with E-state index in [1.165, 1.54) is 44.3 Å². The number of methoxy groups -OCH3 is 1. The van der Waals surface area contributed by atoms with Crippen LogP contribution in [0.5, 0.6) is 5.75 Å². The largest absolute Gasteiger partial charge is 0.497 e. The van der Waals surface area contributed by atoms with Crippen molar-refractivity contribution in [3.8, 4) is 5.75 Å². The van der Waals surface area contributed by atoms with Crippen LogP contribution in [0.2, 0.25) is 0 Å². The lowest BCUT2D eigenvalue weighted by molar-refractivity contribution is 0.203. The van der Waals surface area contributed by atoms with Crippen LogP contribution >= 0.6 is 0 Å². The van der Waals surface area contributed by atoms with Gasteiger partial charge >= 0.3 is 0 Å². The molecule has 0 aliphatic carbocycles. The Hall–Kier alpha value is -1.06. The van der Waals surface area contributed by atoms with Crippen LogP contribution in [0.1, 0.15) is 37.2 Å². The topological polar surface area (TPSA) is 32.7 Å². The minimum atomic E-state index is 0.211. The van der Waals surface area contributed by atoms with Crippen molar-refractivity contribution in [1.82, 2.24) is 4.90 Å². The van der Waals surface area contributed by atoms with Gasteiger partial charge in [-0.3, -0.25) is 0 Å². The average Bonchev–Trinajstić information content (AvgIpc) is 2.73. The van der Waals surface area contributed by atoms with Gasteiger partial charge in [0.25, 0.3) is 0 Å². The molecule has 1 saturated heterocycles. The third-order valence-corrected chi connectivity index (χ3v) is 3.98. The quantitative estimate of drug-likeness (QED) is 0.886. The van der Waals surface area contributed by atoms with Crippen molar-refractivity contribution in [3.05, 3.63) is 29.8 Å². The first-order chi connectivity index (χ1) is 9.33. The predicted octanol–water partition coefficient (Wildman–Crippen LogP) is 2.65. The Bertz CT molecular complexity index is 356. The number of hydrogen-bond donors (Lipinski definition) is 1. The summed E-state index contributed by atoms with van der Waals surface area (Å²) in [5.74, 6) is 1.08. The SMILES string of the molecule is COc1ccc(C(CO)CN2CCCCCC2)cc1. The highest BCUT2D eigenvalue weighted by Gasteiger charge is 2.16. The summed E-state index contributed by atoms with van der Waals surface area (Å²) in [6.07, 6.45) is 5.28. The highest BCUT2D eigenvalue weighted by molar-refractivity contribution is 5.29. The van der Waals surface area contributed by atoms with Crippen molar-refractivity contribution in [2.75, 3.05) is 33.4 Å². The molecule has 0 aromatic heterocycles. The highest BCUT2D eigenvalue weighted by Crippen LogP contribution is 2.21. The molecule has 1 heterocycles. The number of hydrogen-bond acceptors (Lipinski definition) is 3. The lowest BCUT2D eigenvalue weighted by atomic mass is 9.99. The second kappa shape index (κ2) is 7.51. The van der Waals surface area contributed by atoms with E-state index >= 15 is 0 Å². The molecule has 1 aromatic carbocycles. The maximum Gasteiger partial charge on any atom is 0.118 e. The molecule has 1 fully saturated rings. The summed E-state index contributed by atoms with van der Waals surface area (Å²) in [7, 11) is 1.68. The number of likely N-dealkylation sites (tertiary alicyclic amines) is 1. The van der Waals surface area contributed by atoms with E-state index in [9.17, 15) is 5.11 Å². The summed E-state index contributed by atoms with van der Waals surface area (Å²) >= 11 is 0. The molecule has 1 aromatic rings. The molecule has 0 amide bonds. The van der Waals surface area contributed by atoms with Crippen LogP contribution in [0.3, 0.4) is 0 Å². The summed E-state index contributed by atoms with van der Waals surface area (Å²) in [5, 5.41) is 9.65. The van der Waals surface area contributed by atoms with Gasteiger partial charge in [0, 0.05) is 12.5 Å². The first kappa shape index (κ1) is 14.4. The van der Waals surface area contributed by atoms with Crippen LogP contribution in [0.25, 0.3) is 0 Å². The van der Waals surface area contributed by atoms with Crippen LogP contribution in [-0.4, -0.2) is 43.4 Å². The number of rotatable bonds is 5. The van der Waals surface area contributed by atoms with Crippen molar-refractivity contribution in [3.63, 3.8) is 0 Å². The van der Waals surface area contributed by atoms with Gasteiger partial charge in [0.1, 0.15) is 5.75 Å². The molecule has 1 aliphatic heterocycles. The summed E-state index contributed by atoms with van der Waals surface area (Å²) in [5.41, 5.74) is 1.20. The molecule has 3 nitrogen and oxygen atoms in total. The Balaban J connectivity index is 1.97. The fourth-order valence-corrected chi connectivity index (χ4v) is 2.78. The van der Waals surface area contributed by atoms with Crippen molar-refractivity contribution < 1.29 is 9.84 Å². The second-order valence-electron chi connectivity index (χ2n) is 5.37. The van der Waals surface area contributed by atoms with Crippen LogP contribution < -0.4 is 4.74 Å². The van der Waals surface area contributed by atoms with Crippen molar-refractivity contribution >= 4 is 0 Å². The zero-order valence-corrected chi connectivity index (χ0v) is 11.8. The zero-order valence-electron chi connectivity index (χ0n) is 11.8. The number of aliphatic hydroxyl groups excluding tert-OH is 1. The Morgan fingerprint density at radius 3 is 2.26 bits per heavy atom. The average molecular weight is 263 g/mol. The lowest BCUT2D eigenvalue weighted by Crippen LogP contribution is -2.30. The normalized spacial score (nSPS) is 18.8. The van der Waals surface area contributed by atoms with Gasteiger partial charge in [-0.1, -0.05) is 25.0 Å². The molecule has 0 saturated carbocycles. The fourth-order valence-electron chi connectivity index (χ4n) is 2.78. The summed E-state index contributed by atoms with van der Waals surface area (Å²) in [6.45, 7) is 3.52. The monoisotopic (exact) mass is 263 g/mol. The molecule has 0 spiro atoms. The first-order valence-electron chi connectivity index (χ1n) is 7.30. The molecule has 0 bridgehead atoms. The van der Waals surface area contributed by atoms with Gasteiger partial charge in [0.15, 0.2) is 0 Å². The standard InChI is InChI=1S/C16H25NO2/c1-19-16-8-6-14(7-9-16)15(13-18)12-17-10-4-2-3-5-11-17/h6-9,15,18H,2-5,10-13H2,1H3. The minimum absolute atomic E-state index is 0.211. The molecule has 19 heavy (non-hydrogen) atoms. The van der Waals surface area contributed by atoms with E-state index in [4.69, 9.17) is 4.74 Å². The molecule has 0 radical (unpaired) electrons.